The van der Waals surface area contributed by atoms with E-state index in [2.05, 4.69) is 44.8 Å². The average molecular weight is 354 g/mol. The normalized spacial score (nSPS) is 19.7. The zero-order valence-electron chi connectivity index (χ0n) is 16.7. The van der Waals surface area contributed by atoms with E-state index < -0.39 is 0 Å². The number of methoxy groups -OCH3 is 1. The molecule has 1 heterocycles. The van der Waals surface area contributed by atoms with Gasteiger partial charge in [0.25, 0.3) is 0 Å². The second-order valence-corrected chi connectivity index (χ2v) is 8.40. The lowest BCUT2D eigenvalue weighted by Gasteiger charge is -2.42. The zero-order chi connectivity index (χ0) is 18.7. The number of hydrogen-bond donors (Lipinski definition) is 0. The number of benzene rings is 1. The molecule has 0 aliphatic heterocycles. The van der Waals surface area contributed by atoms with Gasteiger partial charge in [0, 0.05) is 18.0 Å². The number of fused-ring (bicyclic) bond motifs is 1. The molecule has 2 unspecified atom stereocenters. The number of hydrogen-bond acceptors (Lipinski definition) is 3. The molecule has 0 saturated carbocycles. The third-order valence-corrected chi connectivity index (χ3v) is 5.59. The number of rotatable bonds is 5. The molecule has 0 saturated heterocycles. The van der Waals surface area contributed by atoms with Crippen molar-refractivity contribution in [3.05, 3.63) is 53.3 Å². The first kappa shape index (κ1) is 18.8. The second kappa shape index (κ2) is 7.69. The van der Waals surface area contributed by atoms with E-state index in [9.17, 15) is 0 Å². The van der Waals surface area contributed by atoms with Crippen LogP contribution in [0, 0.1) is 11.3 Å². The Bertz CT molecular complexity index is 734. The van der Waals surface area contributed by atoms with Gasteiger partial charge in [-0.3, -0.25) is 4.98 Å². The number of pyridine rings is 1. The summed E-state index contributed by atoms with van der Waals surface area (Å²) in [6.45, 7) is 9.89. The molecule has 1 aliphatic carbocycles. The lowest BCUT2D eigenvalue weighted by Crippen LogP contribution is -2.30. The highest BCUT2D eigenvalue weighted by Crippen LogP contribution is 2.50. The van der Waals surface area contributed by atoms with Crippen LogP contribution in [0.1, 0.15) is 63.1 Å². The Morgan fingerprint density at radius 1 is 1.19 bits per heavy atom. The molecule has 2 atom stereocenters. The van der Waals surface area contributed by atoms with Crippen molar-refractivity contribution in [3.8, 4) is 11.5 Å². The molecule has 2 aromatic rings. The van der Waals surface area contributed by atoms with Crippen molar-refractivity contribution >= 4 is 0 Å². The Labute approximate surface area is 157 Å². The van der Waals surface area contributed by atoms with Gasteiger partial charge in [0.05, 0.1) is 7.11 Å². The number of aryl methyl sites for hydroxylation is 1. The number of nitrogens with zero attached hydrogens (tertiary/aromatic N) is 1. The van der Waals surface area contributed by atoms with Gasteiger partial charge in [-0.05, 0) is 59.4 Å². The molecule has 26 heavy (non-hydrogen) atoms. The topological polar surface area (TPSA) is 31.4 Å². The monoisotopic (exact) mass is 353 g/mol. The van der Waals surface area contributed by atoms with Gasteiger partial charge < -0.3 is 9.47 Å². The Kier molecular flexibility index (Phi) is 5.55. The van der Waals surface area contributed by atoms with Gasteiger partial charge in [-0.2, -0.15) is 0 Å². The van der Waals surface area contributed by atoms with E-state index in [0.29, 0.717) is 12.5 Å². The highest BCUT2D eigenvalue weighted by Gasteiger charge is 2.37. The van der Waals surface area contributed by atoms with Crippen LogP contribution in [0.5, 0.6) is 11.5 Å². The molecule has 140 valence electrons. The van der Waals surface area contributed by atoms with Gasteiger partial charge in [0.15, 0.2) is 11.5 Å². The maximum Gasteiger partial charge on any atom is 0.161 e. The van der Waals surface area contributed by atoms with Crippen molar-refractivity contribution < 1.29 is 9.47 Å². The van der Waals surface area contributed by atoms with Crippen molar-refractivity contribution in [2.75, 3.05) is 7.11 Å². The maximum atomic E-state index is 6.09. The number of aromatic nitrogens is 1. The van der Waals surface area contributed by atoms with Gasteiger partial charge >= 0.3 is 0 Å². The predicted molar refractivity (Wildman–Crippen MR) is 106 cm³/mol. The van der Waals surface area contributed by atoms with E-state index in [1.807, 2.05) is 18.3 Å². The summed E-state index contributed by atoms with van der Waals surface area (Å²) in [5, 5.41) is 0. The molecule has 1 aliphatic rings. The number of ether oxygens (including phenoxy) is 2. The molecular weight excluding hydrogens is 322 g/mol. The van der Waals surface area contributed by atoms with Crippen molar-refractivity contribution in [2.45, 2.75) is 59.5 Å². The summed E-state index contributed by atoms with van der Waals surface area (Å²) in [6, 6.07) is 8.39. The first-order chi connectivity index (χ1) is 12.4. The summed E-state index contributed by atoms with van der Waals surface area (Å²) in [4.78, 5) is 4.15. The van der Waals surface area contributed by atoms with Crippen LogP contribution in [0.4, 0.5) is 0 Å². The minimum absolute atomic E-state index is 0.235. The van der Waals surface area contributed by atoms with Crippen LogP contribution in [-0.4, -0.2) is 12.1 Å². The van der Waals surface area contributed by atoms with Crippen LogP contribution >= 0.6 is 0 Å². The molecule has 0 spiro atoms. The van der Waals surface area contributed by atoms with Gasteiger partial charge in [0.1, 0.15) is 6.61 Å². The third kappa shape index (κ3) is 3.87. The standard InChI is InChI=1S/C23H31NO2/c1-6-17-9-10-18-12-21(26-15-16-8-7-11-24-14-16)20(25-5)13-19(18)22(17)23(2,3)4/h7-8,11-14,17,22H,6,9-10,15H2,1-5H3. The molecular formula is C23H31NO2. The first-order valence-electron chi connectivity index (χ1n) is 9.66. The summed E-state index contributed by atoms with van der Waals surface area (Å²) in [5.41, 5.74) is 4.16. The van der Waals surface area contributed by atoms with Crippen LogP contribution in [0.3, 0.4) is 0 Å². The molecule has 1 aromatic heterocycles. The predicted octanol–water partition coefficient (Wildman–Crippen LogP) is 5.77. The van der Waals surface area contributed by atoms with Crippen LogP contribution in [0.25, 0.3) is 0 Å². The highest BCUT2D eigenvalue weighted by atomic mass is 16.5. The lowest BCUT2D eigenvalue weighted by atomic mass is 9.63. The minimum Gasteiger partial charge on any atom is -0.493 e. The Hall–Kier alpha value is -2.03. The maximum absolute atomic E-state index is 6.09. The first-order valence-corrected chi connectivity index (χ1v) is 9.66. The minimum atomic E-state index is 0.235. The van der Waals surface area contributed by atoms with E-state index in [4.69, 9.17) is 9.47 Å². The van der Waals surface area contributed by atoms with Crippen molar-refractivity contribution in [2.24, 2.45) is 11.3 Å². The van der Waals surface area contributed by atoms with Crippen molar-refractivity contribution in [3.63, 3.8) is 0 Å². The summed E-state index contributed by atoms with van der Waals surface area (Å²) in [5.74, 6) is 2.95. The molecule has 3 rings (SSSR count). The fourth-order valence-electron chi connectivity index (χ4n) is 4.42. The zero-order valence-corrected chi connectivity index (χ0v) is 16.7. The van der Waals surface area contributed by atoms with Gasteiger partial charge in [-0.25, -0.2) is 0 Å². The Balaban J connectivity index is 1.93. The summed E-state index contributed by atoms with van der Waals surface area (Å²) in [7, 11) is 1.73. The largest absolute Gasteiger partial charge is 0.493 e. The quantitative estimate of drug-likeness (QED) is 0.683. The molecule has 0 amide bonds. The fraction of sp³-hybridized carbons (Fsp3) is 0.522. The van der Waals surface area contributed by atoms with Crippen LogP contribution in [0.2, 0.25) is 0 Å². The second-order valence-electron chi connectivity index (χ2n) is 8.40. The van der Waals surface area contributed by atoms with Gasteiger partial charge in [-0.1, -0.05) is 40.2 Å². The molecule has 3 heteroatoms. The van der Waals surface area contributed by atoms with Crippen LogP contribution in [0.15, 0.2) is 36.7 Å². The SMILES string of the molecule is CCC1CCc2cc(OCc3cccnc3)c(OC)cc2C1C(C)(C)C. The summed E-state index contributed by atoms with van der Waals surface area (Å²) < 4.78 is 11.8. The third-order valence-electron chi connectivity index (χ3n) is 5.59. The van der Waals surface area contributed by atoms with E-state index >= 15 is 0 Å². The molecule has 0 radical (unpaired) electrons. The van der Waals surface area contributed by atoms with Gasteiger partial charge in [0.2, 0.25) is 0 Å². The molecule has 0 bridgehead atoms. The van der Waals surface area contributed by atoms with Crippen molar-refractivity contribution in [1.29, 1.82) is 0 Å². The lowest BCUT2D eigenvalue weighted by molar-refractivity contribution is 0.205. The fourth-order valence-corrected chi connectivity index (χ4v) is 4.42. The molecule has 0 N–H and O–H groups in total. The van der Waals surface area contributed by atoms with Crippen LogP contribution < -0.4 is 9.47 Å². The Morgan fingerprint density at radius 3 is 2.62 bits per heavy atom. The van der Waals surface area contributed by atoms with E-state index in [-0.39, 0.29) is 5.41 Å². The molecule has 3 nitrogen and oxygen atoms in total. The van der Waals surface area contributed by atoms with E-state index in [0.717, 1.165) is 29.4 Å². The summed E-state index contributed by atoms with van der Waals surface area (Å²) >= 11 is 0. The Morgan fingerprint density at radius 2 is 2.00 bits per heavy atom. The smallest absolute Gasteiger partial charge is 0.161 e. The van der Waals surface area contributed by atoms with Crippen LogP contribution in [-0.2, 0) is 13.0 Å². The average Bonchev–Trinajstić information content (AvgIpc) is 2.64. The summed E-state index contributed by atoms with van der Waals surface area (Å²) in [6.07, 6.45) is 7.21. The van der Waals surface area contributed by atoms with E-state index in [1.54, 1.807) is 13.3 Å². The molecule has 0 fully saturated rings. The van der Waals surface area contributed by atoms with Crippen molar-refractivity contribution in [1.82, 2.24) is 4.98 Å². The highest BCUT2D eigenvalue weighted by molar-refractivity contribution is 5.50. The molecule has 1 aromatic carbocycles. The van der Waals surface area contributed by atoms with Gasteiger partial charge in [-0.15, -0.1) is 0 Å². The van der Waals surface area contributed by atoms with E-state index in [1.165, 1.54) is 24.0 Å².